The highest BCUT2D eigenvalue weighted by atomic mass is 16.3. The topological polar surface area (TPSA) is 35.5 Å². The van der Waals surface area contributed by atoms with Crippen LogP contribution in [0, 0.1) is 13.8 Å². The minimum Gasteiger partial charge on any atom is -0.387 e. The Balaban J connectivity index is 2.13. The maximum Gasteiger partial charge on any atom is 0.0945 e. The first kappa shape index (κ1) is 13.5. The third-order valence-corrected chi connectivity index (χ3v) is 3.94. The maximum atomic E-state index is 10.6. The highest BCUT2D eigenvalue weighted by molar-refractivity contribution is 5.32. The summed E-state index contributed by atoms with van der Waals surface area (Å²) in [6.45, 7) is 10.3. The van der Waals surface area contributed by atoms with Crippen molar-refractivity contribution in [3.05, 3.63) is 34.9 Å². The summed E-state index contributed by atoms with van der Waals surface area (Å²) in [4.78, 5) is 2.36. The van der Waals surface area contributed by atoms with Crippen molar-refractivity contribution in [1.29, 1.82) is 0 Å². The van der Waals surface area contributed by atoms with E-state index in [1.807, 2.05) is 0 Å². The van der Waals surface area contributed by atoms with Gasteiger partial charge in [0.05, 0.1) is 6.10 Å². The molecule has 0 radical (unpaired) electrons. The first-order valence-corrected chi connectivity index (χ1v) is 6.79. The van der Waals surface area contributed by atoms with Crippen LogP contribution in [-0.2, 0) is 0 Å². The van der Waals surface area contributed by atoms with Gasteiger partial charge < -0.3 is 10.4 Å². The van der Waals surface area contributed by atoms with Gasteiger partial charge in [0.1, 0.15) is 0 Å². The van der Waals surface area contributed by atoms with Gasteiger partial charge in [-0.2, -0.15) is 0 Å². The van der Waals surface area contributed by atoms with Crippen molar-refractivity contribution in [2.24, 2.45) is 0 Å². The molecule has 0 amide bonds. The smallest absolute Gasteiger partial charge is 0.0945 e. The summed E-state index contributed by atoms with van der Waals surface area (Å²) in [5.74, 6) is 0. The normalized spacial score (nSPS) is 20.7. The number of aliphatic hydroxyl groups excluding tert-OH is 1. The molecule has 1 aliphatic rings. The lowest BCUT2D eigenvalue weighted by Crippen LogP contribution is -2.49. The van der Waals surface area contributed by atoms with E-state index in [0.717, 1.165) is 31.7 Å². The molecular weight excluding hydrogens is 224 g/mol. The molecule has 0 spiro atoms. The van der Waals surface area contributed by atoms with Gasteiger partial charge in [-0.25, -0.2) is 0 Å². The molecule has 1 aromatic carbocycles. The maximum absolute atomic E-state index is 10.6. The van der Waals surface area contributed by atoms with Crippen LogP contribution in [0.5, 0.6) is 0 Å². The number of piperazine rings is 1. The van der Waals surface area contributed by atoms with Crippen LogP contribution in [0.1, 0.15) is 29.7 Å². The number of hydrogen-bond donors (Lipinski definition) is 2. The van der Waals surface area contributed by atoms with E-state index in [4.69, 9.17) is 0 Å². The van der Waals surface area contributed by atoms with Gasteiger partial charge in [0.15, 0.2) is 0 Å². The molecule has 0 saturated carbocycles. The van der Waals surface area contributed by atoms with Crippen LogP contribution in [-0.4, -0.2) is 42.2 Å². The third-order valence-electron chi connectivity index (χ3n) is 3.94. The van der Waals surface area contributed by atoms with Crippen LogP contribution in [0.2, 0.25) is 0 Å². The van der Waals surface area contributed by atoms with Gasteiger partial charge in [-0.3, -0.25) is 4.90 Å². The summed E-state index contributed by atoms with van der Waals surface area (Å²) in [5, 5.41) is 13.9. The van der Waals surface area contributed by atoms with Crippen molar-refractivity contribution in [3.8, 4) is 0 Å². The summed E-state index contributed by atoms with van der Waals surface area (Å²) in [6.07, 6.45) is -0.400. The lowest BCUT2D eigenvalue weighted by Gasteiger charge is -2.35. The molecular formula is C15H24N2O. The van der Waals surface area contributed by atoms with E-state index in [0.29, 0.717) is 0 Å². The molecule has 1 saturated heterocycles. The van der Waals surface area contributed by atoms with Crippen molar-refractivity contribution in [2.45, 2.75) is 32.9 Å². The van der Waals surface area contributed by atoms with E-state index < -0.39 is 6.10 Å². The zero-order valence-corrected chi connectivity index (χ0v) is 11.6. The fraction of sp³-hybridized carbons (Fsp3) is 0.600. The Hall–Kier alpha value is -0.900. The number of benzene rings is 1. The SMILES string of the molecule is Cc1ccc(C)c(C(O)C(C)N2CCNCC2)c1. The van der Waals surface area contributed by atoms with Crippen LogP contribution >= 0.6 is 0 Å². The van der Waals surface area contributed by atoms with E-state index in [2.05, 4.69) is 49.2 Å². The average molecular weight is 248 g/mol. The first-order valence-electron chi connectivity index (χ1n) is 6.79. The van der Waals surface area contributed by atoms with Crippen LogP contribution in [0.3, 0.4) is 0 Å². The second-order valence-corrected chi connectivity index (χ2v) is 5.33. The Bertz CT molecular complexity index is 399. The lowest BCUT2D eigenvalue weighted by atomic mass is 9.96. The molecule has 1 heterocycles. The van der Waals surface area contributed by atoms with Crippen LogP contribution < -0.4 is 5.32 Å². The quantitative estimate of drug-likeness (QED) is 0.853. The van der Waals surface area contributed by atoms with Gasteiger partial charge in [0.25, 0.3) is 0 Å². The molecule has 0 aromatic heterocycles. The van der Waals surface area contributed by atoms with Crippen molar-refractivity contribution in [3.63, 3.8) is 0 Å². The predicted molar refractivity (Wildman–Crippen MR) is 74.8 cm³/mol. The Morgan fingerprint density at radius 1 is 1.22 bits per heavy atom. The molecule has 3 heteroatoms. The highest BCUT2D eigenvalue weighted by Gasteiger charge is 2.25. The molecule has 0 aliphatic carbocycles. The Labute approximate surface area is 110 Å². The van der Waals surface area contributed by atoms with E-state index in [1.54, 1.807) is 0 Å². The Morgan fingerprint density at radius 3 is 2.56 bits per heavy atom. The number of nitrogens with one attached hydrogen (secondary N) is 1. The minimum atomic E-state index is -0.400. The van der Waals surface area contributed by atoms with Gasteiger partial charge in [-0.05, 0) is 31.9 Å². The van der Waals surface area contributed by atoms with Gasteiger partial charge in [0, 0.05) is 32.2 Å². The lowest BCUT2D eigenvalue weighted by molar-refractivity contribution is 0.0506. The first-order chi connectivity index (χ1) is 8.59. The summed E-state index contributed by atoms with van der Waals surface area (Å²) < 4.78 is 0. The van der Waals surface area contributed by atoms with Crippen molar-refractivity contribution in [1.82, 2.24) is 10.2 Å². The second-order valence-electron chi connectivity index (χ2n) is 5.33. The van der Waals surface area contributed by atoms with Crippen molar-refractivity contribution >= 4 is 0 Å². The van der Waals surface area contributed by atoms with Gasteiger partial charge in [0.2, 0.25) is 0 Å². The Morgan fingerprint density at radius 2 is 1.89 bits per heavy atom. The summed E-state index contributed by atoms with van der Waals surface area (Å²) in [6, 6.07) is 6.48. The summed E-state index contributed by atoms with van der Waals surface area (Å²) in [5.41, 5.74) is 3.46. The number of aliphatic hydroxyl groups is 1. The van der Waals surface area contributed by atoms with Crippen molar-refractivity contribution in [2.75, 3.05) is 26.2 Å². The third kappa shape index (κ3) is 2.91. The van der Waals surface area contributed by atoms with Gasteiger partial charge in [-0.15, -0.1) is 0 Å². The van der Waals surface area contributed by atoms with E-state index in [-0.39, 0.29) is 6.04 Å². The van der Waals surface area contributed by atoms with E-state index in [1.165, 1.54) is 11.1 Å². The molecule has 1 fully saturated rings. The molecule has 1 aromatic rings. The van der Waals surface area contributed by atoms with Crippen LogP contribution in [0.4, 0.5) is 0 Å². The summed E-state index contributed by atoms with van der Waals surface area (Å²) in [7, 11) is 0. The van der Waals surface area contributed by atoms with Crippen LogP contribution in [0.25, 0.3) is 0 Å². The number of nitrogens with zero attached hydrogens (tertiary/aromatic N) is 1. The molecule has 0 bridgehead atoms. The molecule has 1 aliphatic heterocycles. The minimum absolute atomic E-state index is 0.174. The molecule has 18 heavy (non-hydrogen) atoms. The van der Waals surface area contributed by atoms with Crippen LogP contribution in [0.15, 0.2) is 18.2 Å². The predicted octanol–water partition coefficient (Wildman–Crippen LogP) is 1.63. The number of rotatable bonds is 3. The molecule has 100 valence electrons. The fourth-order valence-corrected chi connectivity index (χ4v) is 2.63. The second kappa shape index (κ2) is 5.83. The number of aryl methyl sites for hydroxylation is 2. The number of hydrogen-bond acceptors (Lipinski definition) is 3. The molecule has 2 atom stereocenters. The zero-order valence-electron chi connectivity index (χ0n) is 11.6. The van der Waals surface area contributed by atoms with Crippen molar-refractivity contribution < 1.29 is 5.11 Å². The van der Waals surface area contributed by atoms with Gasteiger partial charge >= 0.3 is 0 Å². The molecule has 2 unspecified atom stereocenters. The van der Waals surface area contributed by atoms with Gasteiger partial charge in [-0.1, -0.05) is 23.8 Å². The highest BCUT2D eigenvalue weighted by Crippen LogP contribution is 2.25. The van der Waals surface area contributed by atoms with E-state index in [9.17, 15) is 5.11 Å². The molecule has 2 N–H and O–H groups in total. The fourth-order valence-electron chi connectivity index (χ4n) is 2.63. The molecule has 2 rings (SSSR count). The Kier molecular flexibility index (Phi) is 4.38. The monoisotopic (exact) mass is 248 g/mol. The summed E-state index contributed by atoms with van der Waals surface area (Å²) >= 11 is 0. The standard InChI is InChI=1S/C15H24N2O/c1-11-4-5-12(2)14(10-11)15(18)13(3)17-8-6-16-7-9-17/h4-5,10,13,15-16,18H,6-9H2,1-3H3. The largest absolute Gasteiger partial charge is 0.387 e. The zero-order chi connectivity index (χ0) is 13.1. The average Bonchev–Trinajstić information content (AvgIpc) is 2.41. The molecule has 3 nitrogen and oxygen atoms in total. The van der Waals surface area contributed by atoms with E-state index >= 15 is 0 Å².